The van der Waals surface area contributed by atoms with Crippen molar-refractivity contribution in [2.24, 2.45) is 0 Å². The number of ether oxygens (including phenoxy) is 1. The van der Waals surface area contributed by atoms with Gasteiger partial charge in [-0.2, -0.15) is 0 Å². The highest BCUT2D eigenvalue weighted by molar-refractivity contribution is 5.52. The molecule has 28 heavy (non-hydrogen) atoms. The van der Waals surface area contributed by atoms with Crippen molar-refractivity contribution in [3.05, 3.63) is 22.8 Å². The molecular weight excluding hydrogens is 348 g/mol. The van der Waals surface area contributed by atoms with Gasteiger partial charge < -0.3 is 14.9 Å². The number of phenols is 1. The van der Waals surface area contributed by atoms with Gasteiger partial charge in [-0.15, -0.1) is 0 Å². The highest BCUT2D eigenvalue weighted by Crippen LogP contribution is 2.33. The highest BCUT2D eigenvalue weighted by atomic mass is 16.5. The van der Waals surface area contributed by atoms with Gasteiger partial charge in [0.25, 0.3) is 0 Å². The fraction of sp³-hybridized carbons (Fsp3) is 0.760. The summed E-state index contributed by atoms with van der Waals surface area (Å²) in [5, 5.41) is 20.2. The van der Waals surface area contributed by atoms with E-state index < -0.39 is 0 Å². The molecule has 1 unspecified atom stereocenters. The molecule has 0 aliphatic rings. The summed E-state index contributed by atoms with van der Waals surface area (Å²) in [7, 11) is 0. The third-order valence-corrected chi connectivity index (χ3v) is 5.73. The summed E-state index contributed by atoms with van der Waals surface area (Å²) in [6.45, 7) is 9.06. The summed E-state index contributed by atoms with van der Waals surface area (Å²) in [5.74, 6) is 1.33. The van der Waals surface area contributed by atoms with Crippen molar-refractivity contribution in [2.75, 3.05) is 6.61 Å². The van der Waals surface area contributed by atoms with Crippen LogP contribution in [0.5, 0.6) is 11.5 Å². The molecule has 0 radical (unpaired) electrons. The summed E-state index contributed by atoms with van der Waals surface area (Å²) in [6.07, 6.45) is 14.6. The Hall–Kier alpha value is -1.22. The first kappa shape index (κ1) is 24.8. The molecule has 1 atom stereocenters. The van der Waals surface area contributed by atoms with Gasteiger partial charge in [-0.3, -0.25) is 0 Å². The highest BCUT2D eigenvalue weighted by Gasteiger charge is 2.13. The quantitative estimate of drug-likeness (QED) is 0.297. The van der Waals surface area contributed by atoms with E-state index in [4.69, 9.17) is 4.74 Å². The smallest absolute Gasteiger partial charge is 0.125 e. The monoisotopic (exact) mass is 392 g/mol. The first-order valence-corrected chi connectivity index (χ1v) is 11.6. The van der Waals surface area contributed by atoms with Gasteiger partial charge in [-0.05, 0) is 68.7 Å². The molecule has 1 aromatic carbocycles. The Balaban J connectivity index is 2.21. The van der Waals surface area contributed by atoms with Gasteiger partial charge in [-0.25, -0.2) is 0 Å². The maximum absolute atomic E-state index is 10.1. The summed E-state index contributed by atoms with van der Waals surface area (Å²) < 4.78 is 6.10. The Kier molecular flexibility index (Phi) is 13.1. The first-order valence-electron chi connectivity index (χ1n) is 11.6. The molecule has 0 aliphatic heterocycles. The number of aromatic hydroxyl groups is 1. The number of aliphatic hydroxyl groups excluding tert-OH is 1. The van der Waals surface area contributed by atoms with E-state index in [0.717, 1.165) is 73.8 Å². The molecule has 0 fully saturated rings. The van der Waals surface area contributed by atoms with E-state index in [-0.39, 0.29) is 6.10 Å². The third kappa shape index (κ3) is 9.32. The van der Waals surface area contributed by atoms with Gasteiger partial charge in [0.2, 0.25) is 0 Å². The van der Waals surface area contributed by atoms with Gasteiger partial charge in [-0.1, -0.05) is 65.2 Å². The number of aryl methyl sites for hydroxylation is 1. The molecule has 2 N–H and O–H groups in total. The Morgan fingerprint density at radius 2 is 1.43 bits per heavy atom. The number of unbranched alkanes of at least 4 members (excludes halogenated alkanes) is 7. The predicted octanol–water partition coefficient (Wildman–Crippen LogP) is 7.01. The summed E-state index contributed by atoms with van der Waals surface area (Å²) >= 11 is 0. The lowest BCUT2D eigenvalue weighted by atomic mass is 10.00. The number of phenolic OH excluding ortho intramolecular Hbond substituents is 1. The van der Waals surface area contributed by atoms with E-state index in [1.165, 1.54) is 32.1 Å². The second-order valence-electron chi connectivity index (χ2n) is 8.29. The standard InChI is InChI=1S/C25H44O3/c1-5-7-8-9-10-12-16-23(26)17-13-11-14-18-28-25-21(4)20(3)24(27)19-22(25)15-6-2/h19,23,26-27H,5-18H2,1-4H3. The lowest BCUT2D eigenvalue weighted by molar-refractivity contribution is 0.146. The van der Waals surface area contributed by atoms with E-state index in [9.17, 15) is 10.2 Å². The topological polar surface area (TPSA) is 49.7 Å². The van der Waals surface area contributed by atoms with Gasteiger partial charge in [0, 0.05) is 0 Å². The normalized spacial score (nSPS) is 12.3. The van der Waals surface area contributed by atoms with Crippen LogP contribution in [0.2, 0.25) is 0 Å². The number of benzene rings is 1. The maximum atomic E-state index is 10.1. The molecular formula is C25H44O3. The van der Waals surface area contributed by atoms with Crippen molar-refractivity contribution in [3.8, 4) is 11.5 Å². The van der Waals surface area contributed by atoms with Gasteiger partial charge in [0.1, 0.15) is 11.5 Å². The van der Waals surface area contributed by atoms with Crippen LogP contribution in [-0.4, -0.2) is 22.9 Å². The number of aliphatic hydroxyl groups is 1. The molecule has 0 aliphatic carbocycles. The van der Waals surface area contributed by atoms with Crippen molar-refractivity contribution in [1.29, 1.82) is 0 Å². The van der Waals surface area contributed by atoms with E-state index in [2.05, 4.69) is 13.8 Å². The van der Waals surface area contributed by atoms with Crippen LogP contribution >= 0.6 is 0 Å². The number of rotatable bonds is 16. The van der Waals surface area contributed by atoms with Crippen molar-refractivity contribution in [3.63, 3.8) is 0 Å². The zero-order chi connectivity index (χ0) is 20.8. The Morgan fingerprint density at radius 1 is 0.821 bits per heavy atom. The van der Waals surface area contributed by atoms with Gasteiger partial charge >= 0.3 is 0 Å². The minimum absolute atomic E-state index is 0.134. The minimum Gasteiger partial charge on any atom is -0.508 e. The van der Waals surface area contributed by atoms with Crippen LogP contribution in [0.25, 0.3) is 0 Å². The van der Waals surface area contributed by atoms with E-state index in [1.807, 2.05) is 19.9 Å². The largest absolute Gasteiger partial charge is 0.508 e. The molecule has 0 aromatic heterocycles. The Labute approximate surface area is 173 Å². The van der Waals surface area contributed by atoms with Crippen molar-refractivity contribution >= 4 is 0 Å². The molecule has 1 rings (SSSR count). The lowest BCUT2D eigenvalue weighted by Crippen LogP contribution is -2.07. The minimum atomic E-state index is -0.134. The molecule has 0 heterocycles. The van der Waals surface area contributed by atoms with Crippen LogP contribution in [0.3, 0.4) is 0 Å². The van der Waals surface area contributed by atoms with Crippen molar-refractivity contribution in [2.45, 2.75) is 117 Å². The van der Waals surface area contributed by atoms with Crippen LogP contribution in [0.4, 0.5) is 0 Å². The van der Waals surface area contributed by atoms with Crippen LogP contribution in [0.15, 0.2) is 6.07 Å². The van der Waals surface area contributed by atoms with Crippen LogP contribution in [-0.2, 0) is 6.42 Å². The molecule has 3 nitrogen and oxygen atoms in total. The van der Waals surface area contributed by atoms with Crippen LogP contribution in [0, 0.1) is 13.8 Å². The van der Waals surface area contributed by atoms with E-state index >= 15 is 0 Å². The molecule has 0 saturated heterocycles. The SMILES string of the molecule is CCCCCCCCC(O)CCCCCOc1c(CCC)cc(O)c(C)c1C. The number of hydrogen-bond acceptors (Lipinski definition) is 3. The van der Waals surface area contributed by atoms with E-state index in [0.29, 0.717) is 12.4 Å². The molecule has 3 heteroatoms. The Bertz CT molecular complexity index is 539. The van der Waals surface area contributed by atoms with Gasteiger partial charge in [0.05, 0.1) is 12.7 Å². The van der Waals surface area contributed by atoms with Crippen LogP contribution < -0.4 is 4.74 Å². The van der Waals surface area contributed by atoms with Crippen LogP contribution in [0.1, 0.15) is 108 Å². The molecule has 162 valence electrons. The predicted molar refractivity (Wildman–Crippen MR) is 120 cm³/mol. The molecule has 0 amide bonds. The fourth-order valence-corrected chi connectivity index (χ4v) is 3.74. The van der Waals surface area contributed by atoms with Crippen molar-refractivity contribution < 1.29 is 14.9 Å². The summed E-state index contributed by atoms with van der Waals surface area (Å²) in [5.41, 5.74) is 3.07. The Morgan fingerprint density at radius 3 is 2.07 bits per heavy atom. The molecule has 0 spiro atoms. The summed E-state index contributed by atoms with van der Waals surface area (Å²) in [6, 6.07) is 1.86. The first-order chi connectivity index (χ1) is 13.5. The second kappa shape index (κ2) is 14.7. The average Bonchev–Trinajstić information content (AvgIpc) is 2.67. The van der Waals surface area contributed by atoms with Crippen molar-refractivity contribution in [1.82, 2.24) is 0 Å². The van der Waals surface area contributed by atoms with E-state index in [1.54, 1.807) is 0 Å². The average molecular weight is 393 g/mol. The number of hydrogen-bond donors (Lipinski definition) is 2. The molecule has 1 aromatic rings. The molecule has 0 bridgehead atoms. The maximum Gasteiger partial charge on any atom is 0.125 e. The zero-order valence-electron chi connectivity index (χ0n) is 18.9. The third-order valence-electron chi connectivity index (χ3n) is 5.73. The second-order valence-corrected chi connectivity index (χ2v) is 8.29. The lowest BCUT2D eigenvalue weighted by Gasteiger charge is -2.17. The zero-order valence-corrected chi connectivity index (χ0v) is 18.9. The molecule has 0 saturated carbocycles. The van der Waals surface area contributed by atoms with Gasteiger partial charge in [0.15, 0.2) is 0 Å². The summed E-state index contributed by atoms with van der Waals surface area (Å²) in [4.78, 5) is 0. The fourth-order valence-electron chi connectivity index (χ4n) is 3.74.